The highest BCUT2D eigenvalue weighted by molar-refractivity contribution is 5.07. The third-order valence-corrected chi connectivity index (χ3v) is 2.76. The lowest BCUT2D eigenvalue weighted by Crippen LogP contribution is -2.50. The van der Waals surface area contributed by atoms with Crippen LogP contribution in [-0.2, 0) is 4.74 Å². The van der Waals surface area contributed by atoms with Crippen molar-refractivity contribution >= 4 is 0 Å². The Hall–Kier alpha value is -0.590. The van der Waals surface area contributed by atoms with Gasteiger partial charge >= 0.3 is 0 Å². The van der Waals surface area contributed by atoms with Crippen molar-refractivity contribution < 1.29 is 4.74 Å². The first-order chi connectivity index (χ1) is 6.78. The molecule has 0 amide bonds. The van der Waals surface area contributed by atoms with Gasteiger partial charge in [-0.3, -0.25) is 5.32 Å². The molecule has 1 N–H and O–H groups in total. The van der Waals surface area contributed by atoms with Crippen LogP contribution in [0.1, 0.15) is 47.5 Å². The number of nitrogens with zero attached hydrogens (tertiary/aromatic N) is 1. The molecule has 3 nitrogen and oxygen atoms in total. The van der Waals surface area contributed by atoms with Crippen molar-refractivity contribution in [3.05, 3.63) is 0 Å². The summed E-state index contributed by atoms with van der Waals surface area (Å²) < 4.78 is 5.36. The van der Waals surface area contributed by atoms with E-state index in [-0.39, 0.29) is 5.60 Å². The third kappa shape index (κ3) is 5.15. The zero-order valence-electron chi connectivity index (χ0n) is 10.8. The van der Waals surface area contributed by atoms with Crippen LogP contribution in [0.25, 0.3) is 0 Å². The second-order valence-electron chi connectivity index (χ2n) is 5.04. The summed E-state index contributed by atoms with van der Waals surface area (Å²) in [5.41, 5.74) is -0.792. The van der Waals surface area contributed by atoms with Crippen LogP contribution in [0.15, 0.2) is 0 Å². The Kier molecular flexibility index (Phi) is 5.27. The van der Waals surface area contributed by atoms with E-state index < -0.39 is 5.54 Å². The van der Waals surface area contributed by atoms with Crippen LogP contribution in [0.5, 0.6) is 0 Å². The molecule has 0 aliphatic heterocycles. The Morgan fingerprint density at radius 3 is 2.27 bits per heavy atom. The number of methoxy groups -OCH3 is 1. The Balaban J connectivity index is 4.52. The summed E-state index contributed by atoms with van der Waals surface area (Å²) in [6.07, 6.45) is 1.70. The Morgan fingerprint density at radius 1 is 1.40 bits per heavy atom. The minimum Gasteiger partial charge on any atom is -0.379 e. The molecule has 0 spiro atoms. The van der Waals surface area contributed by atoms with Gasteiger partial charge in [-0.05, 0) is 34.1 Å². The molecule has 0 aromatic carbocycles. The fraction of sp³-hybridized carbons (Fsp3) is 0.917. The second-order valence-corrected chi connectivity index (χ2v) is 5.04. The highest BCUT2D eigenvalue weighted by Gasteiger charge is 2.33. The molecule has 0 aromatic heterocycles. The Morgan fingerprint density at radius 2 is 1.93 bits per heavy atom. The van der Waals surface area contributed by atoms with E-state index in [0.717, 1.165) is 6.42 Å². The highest BCUT2D eigenvalue weighted by Crippen LogP contribution is 2.23. The van der Waals surface area contributed by atoms with E-state index in [9.17, 15) is 5.26 Å². The molecular weight excluding hydrogens is 188 g/mol. The van der Waals surface area contributed by atoms with Crippen molar-refractivity contribution in [2.45, 2.75) is 64.6 Å². The van der Waals surface area contributed by atoms with Gasteiger partial charge < -0.3 is 4.74 Å². The average molecular weight is 212 g/mol. The second kappa shape index (κ2) is 5.48. The van der Waals surface area contributed by atoms with Crippen molar-refractivity contribution in [3.8, 4) is 6.07 Å². The molecule has 88 valence electrons. The maximum Gasteiger partial charge on any atom is 0.106 e. The topological polar surface area (TPSA) is 45.0 Å². The minimum absolute atomic E-state index is 0.273. The van der Waals surface area contributed by atoms with Crippen molar-refractivity contribution in [3.63, 3.8) is 0 Å². The molecule has 2 unspecified atom stereocenters. The van der Waals surface area contributed by atoms with Crippen molar-refractivity contribution in [2.24, 2.45) is 0 Å². The van der Waals surface area contributed by atoms with Crippen molar-refractivity contribution in [2.75, 3.05) is 7.11 Å². The molecule has 0 aliphatic carbocycles. The molecular formula is C12H24N2O. The fourth-order valence-corrected chi connectivity index (χ4v) is 1.69. The molecule has 2 atom stereocenters. The molecule has 0 fully saturated rings. The first kappa shape index (κ1) is 14.4. The van der Waals surface area contributed by atoms with Crippen LogP contribution < -0.4 is 5.32 Å². The van der Waals surface area contributed by atoms with Crippen LogP contribution in [0.4, 0.5) is 0 Å². The number of nitrogens with one attached hydrogen (secondary N) is 1. The van der Waals surface area contributed by atoms with Gasteiger partial charge in [0.2, 0.25) is 0 Å². The van der Waals surface area contributed by atoms with E-state index in [2.05, 4.69) is 25.2 Å². The van der Waals surface area contributed by atoms with E-state index in [1.807, 2.05) is 20.8 Å². The molecule has 0 rings (SSSR count). The first-order valence-corrected chi connectivity index (χ1v) is 5.52. The lowest BCUT2D eigenvalue weighted by atomic mass is 9.88. The normalized spacial score (nSPS) is 17.9. The van der Waals surface area contributed by atoms with Gasteiger partial charge in [0.25, 0.3) is 0 Å². The van der Waals surface area contributed by atoms with Crippen molar-refractivity contribution in [1.82, 2.24) is 5.32 Å². The van der Waals surface area contributed by atoms with E-state index in [1.165, 1.54) is 0 Å². The molecule has 0 bridgehead atoms. The monoisotopic (exact) mass is 212 g/mol. The van der Waals surface area contributed by atoms with Crippen LogP contribution >= 0.6 is 0 Å². The van der Waals surface area contributed by atoms with E-state index >= 15 is 0 Å². The molecule has 0 heterocycles. The number of hydrogen-bond acceptors (Lipinski definition) is 3. The van der Waals surface area contributed by atoms with Gasteiger partial charge in [0, 0.05) is 19.6 Å². The summed E-state index contributed by atoms with van der Waals surface area (Å²) in [6, 6.07) is 2.69. The zero-order valence-corrected chi connectivity index (χ0v) is 10.8. The number of hydrogen-bond donors (Lipinski definition) is 1. The maximum atomic E-state index is 9.22. The fourth-order valence-electron chi connectivity index (χ4n) is 1.69. The molecule has 0 radical (unpaired) electrons. The van der Waals surface area contributed by atoms with Crippen LogP contribution in [0.3, 0.4) is 0 Å². The smallest absolute Gasteiger partial charge is 0.106 e. The van der Waals surface area contributed by atoms with E-state index in [4.69, 9.17) is 4.74 Å². The van der Waals surface area contributed by atoms with Gasteiger partial charge in [0.1, 0.15) is 5.54 Å². The van der Waals surface area contributed by atoms with Gasteiger partial charge in [0.15, 0.2) is 0 Å². The summed E-state index contributed by atoms with van der Waals surface area (Å²) in [6.45, 7) is 10.1. The summed E-state index contributed by atoms with van der Waals surface area (Å²) >= 11 is 0. The van der Waals surface area contributed by atoms with Gasteiger partial charge in [-0.1, -0.05) is 6.92 Å². The van der Waals surface area contributed by atoms with Crippen molar-refractivity contribution in [1.29, 1.82) is 5.26 Å². The summed E-state index contributed by atoms with van der Waals surface area (Å²) in [5.74, 6) is 0. The predicted octanol–water partition coefficient (Wildman–Crippen LogP) is 2.47. The van der Waals surface area contributed by atoms with E-state index in [1.54, 1.807) is 7.11 Å². The lowest BCUT2D eigenvalue weighted by molar-refractivity contribution is 0.0000301. The number of ether oxygens (including phenoxy) is 1. The zero-order chi connectivity index (χ0) is 12.1. The summed E-state index contributed by atoms with van der Waals surface area (Å²) in [4.78, 5) is 0. The molecule has 3 heteroatoms. The predicted molar refractivity (Wildman–Crippen MR) is 62.6 cm³/mol. The van der Waals surface area contributed by atoms with Crippen LogP contribution in [0.2, 0.25) is 0 Å². The van der Waals surface area contributed by atoms with Crippen LogP contribution in [0, 0.1) is 11.3 Å². The van der Waals surface area contributed by atoms with Crippen LogP contribution in [-0.4, -0.2) is 24.3 Å². The van der Waals surface area contributed by atoms with Gasteiger partial charge in [-0.25, -0.2) is 0 Å². The number of rotatable bonds is 6. The SMILES string of the molecule is CCC(C)NC(C)(C#N)CC(C)(C)OC. The minimum atomic E-state index is -0.519. The lowest BCUT2D eigenvalue weighted by Gasteiger charge is -2.34. The quantitative estimate of drug-likeness (QED) is 0.735. The highest BCUT2D eigenvalue weighted by atomic mass is 16.5. The maximum absolute atomic E-state index is 9.22. The molecule has 15 heavy (non-hydrogen) atoms. The van der Waals surface area contributed by atoms with Gasteiger partial charge in [-0.15, -0.1) is 0 Å². The Labute approximate surface area is 93.8 Å². The van der Waals surface area contributed by atoms with Gasteiger partial charge in [0.05, 0.1) is 11.7 Å². The van der Waals surface area contributed by atoms with E-state index in [0.29, 0.717) is 12.5 Å². The molecule has 0 saturated heterocycles. The average Bonchev–Trinajstić information content (AvgIpc) is 2.17. The Bertz CT molecular complexity index is 232. The summed E-state index contributed by atoms with van der Waals surface area (Å²) in [7, 11) is 1.68. The molecule has 0 aromatic rings. The first-order valence-electron chi connectivity index (χ1n) is 5.52. The summed E-state index contributed by atoms with van der Waals surface area (Å²) in [5, 5.41) is 12.6. The largest absolute Gasteiger partial charge is 0.379 e. The molecule has 0 saturated carbocycles. The standard InChI is InChI=1S/C12H24N2O/c1-7-10(2)14-12(5,9-13)8-11(3,4)15-6/h10,14H,7-8H2,1-6H3. The number of nitriles is 1. The third-order valence-electron chi connectivity index (χ3n) is 2.76. The van der Waals surface area contributed by atoms with Gasteiger partial charge in [-0.2, -0.15) is 5.26 Å². The molecule has 0 aliphatic rings.